The van der Waals surface area contributed by atoms with Crippen molar-refractivity contribution in [2.75, 3.05) is 0 Å². The zero-order chi connectivity index (χ0) is 19.7. The Bertz CT molecular complexity index is 761. The molecule has 0 unspecified atom stereocenters. The van der Waals surface area contributed by atoms with E-state index in [-0.39, 0.29) is 6.10 Å². The number of amides is 2. The lowest BCUT2D eigenvalue weighted by Gasteiger charge is -2.39. The number of carboxylic acid groups (broad SMARTS) is 1. The second-order valence-electron chi connectivity index (χ2n) is 7.21. The van der Waals surface area contributed by atoms with Gasteiger partial charge in [-0.15, -0.1) is 0 Å². The first kappa shape index (κ1) is 19.3. The Balaban J connectivity index is 1.97. The molecule has 3 atom stereocenters. The number of carbonyl (C=O) groups is 3. The third-order valence-electron chi connectivity index (χ3n) is 5.45. The van der Waals surface area contributed by atoms with Crippen LogP contribution in [0, 0.1) is 5.92 Å². The van der Waals surface area contributed by atoms with Crippen LogP contribution in [-0.4, -0.2) is 46.0 Å². The fourth-order valence-corrected chi connectivity index (χ4v) is 4.02. The van der Waals surface area contributed by atoms with E-state index >= 15 is 0 Å². The summed E-state index contributed by atoms with van der Waals surface area (Å²) in [5, 5.41) is 9.91. The smallest absolute Gasteiger partial charge is 0.311 e. The average Bonchev–Trinajstić information content (AvgIpc) is 2.90. The maximum absolute atomic E-state index is 12.9. The molecule has 1 N–H and O–H groups in total. The van der Waals surface area contributed by atoms with Crippen LogP contribution in [-0.2, 0) is 9.53 Å². The van der Waals surface area contributed by atoms with E-state index in [1.54, 1.807) is 24.3 Å². The number of fused-ring (bicyclic) bond motifs is 1. The molecule has 0 saturated carbocycles. The van der Waals surface area contributed by atoms with Gasteiger partial charge in [0, 0.05) is 0 Å². The first-order valence-corrected chi connectivity index (χ1v) is 9.41. The number of aliphatic carboxylic acids is 1. The highest BCUT2D eigenvalue weighted by atomic mass is 16.5. The highest BCUT2D eigenvalue weighted by Crippen LogP contribution is 2.36. The van der Waals surface area contributed by atoms with Crippen molar-refractivity contribution in [3.63, 3.8) is 0 Å². The Morgan fingerprint density at radius 2 is 1.74 bits per heavy atom. The van der Waals surface area contributed by atoms with Gasteiger partial charge in [0.2, 0.25) is 0 Å². The van der Waals surface area contributed by atoms with Crippen molar-refractivity contribution < 1.29 is 24.2 Å². The van der Waals surface area contributed by atoms with Crippen LogP contribution in [0.2, 0.25) is 0 Å². The lowest BCUT2D eigenvalue weighted by atomic mass is 9.82. The van der Waals surface area contributed by atoms with E-state index in [1.165, 1.54) is 0 Å². The Hall–Kier alpha value is -2.47. The minimum absolute atomic E-state index is 0.0678. The topological polar surface area (TPSA) is 83.9 Å². The SMILES string of the molecule is CCC(CC)O[C@@H]1C=C(C)C[C@H](N2C(=O)c3ccccc3C2=O)[C@H]1C(=O)O. The van der Waals surface area contributed by atoms with Crippen LogP contribution >= 0.6 is 0 Å². The van der Waals surface area contributed by atoms with Crippen LogP contribution in [0.5, 0.6) is 0 Å². The Labute approximate surface area is 158 Å². The summed E-state index contributed by atoms with van der Waals surface area (Å²) in [6.07, 6.45) is 2.96. The summed E-state index contributed by atoms with van der Waals surface area (Å²) in [4.78, 5) is 39.0. The Morgan fingerprint density at radius 3 is 2.22 bits per heavy atom. The molecule has 6 nitrogen and oxygen atoms in total. The van der Waals surface area contributed by atoms with Gasteiger partial charge in [-0.05, 0) is 38.3 Å². The van der Waals surface area contributed by atoms with Gasteiger partial charge in [0.25, 0.3) is 11.8 Å². The predicted molar refractivity (Wildman–Crippen MR) is 99.5 cm³/mol. The maximum atomic E-state index is 12.9. The number of carboxylic acids is 1. The number of rotatable bonds is 6. The number of hydrogen-bond donors (Lipinski definition) is 1. The predicted octanol–water partition coefficient (Wildman–Crippen LogP) is 3.28. The average molecular weight is 371 g/mol. The van der Waals surface area contributed by atoms with Crippen LogP contribution in [0.3, 0.4) is 0 Å². The molecule has 1 aliphatic carbocycles. The second kappa shape index (κ2) is 7.64. The Morgan fingerprint density at radius 1 is 1.19 bits per heavy atom. The molecule has 0 aromatic heterocycles. The molecule has 0 bridgehead atoms. The van der Waals surface area contributed by atoms with Crippen LogP contribution in [0.15, 0.2) is 35.9 Å². The first-order valence-electron chi connectivity index (χ1n) is 9.41. The number of nitrogens with zero attached hydrogens (tertiary/aromatic N) is 1. The maximum Gasteiger partial charge on any atom is 0.311 e. The summed E-state index contributed by atoms with van der Waals surface area (Å²) in [6, 6.07) is 5.85. The van der Waals surface area contributed by atoms with E-state index in [4.69, 9.17) is 4.74 Å². The summed E-state index contributed by atoms with van der Waals surface area (Å²) in [5.74, 6) is -2.90. The molecule has 1 heterocycles. The standard InChI is InChI=1S/C21H25NO5/c1-4-13(5-2)27-17-11-12(3)10-16(18(17)21(25)26)22-19(23)14-8-6-7-9-15(14)20(22)24/h6-9,11,13,16-18H,4-5,10H2,1-3H3,(H,25,26)/t16-,17+,18+/m0/s1. The molecular formula is C21H25NO5. The fraction of sp³-hybridized carbons (Fsp3) is 0.476. The molecule has 0 saturated heterocycles. The van der Waals surface area contributed by atoms with Gasteiger partial charge in [-0.1, -0.05) is 37.6 Å². The van der Waals surface area contributed by atoms with Crippen molar-refractivity contribution in [2.24, 2.45) is 5.92 Å². The van der Waals surface area contributed by atoms with Crippen LogP contribution < -0.4 is 0 Å². The summed E-state index contributed by atoms with van der Waals surface area (Å²) in [5.41, 5.74) is 1.58. The third kappa shape index (κ3) is 3.41. The molecule has 2 aliphatic rings. The van der Waals surface area contributed by atoms with E-state index in [1.807, 2.05) is 26.8 Å². The molecule has 27 heavy (non-hydrogen) atoms. The number of ether oxygens (including phenoxy) is 1. The molecule has 1 aliphatic heterocycles. The summed E-state index contributed by atoms with van der Waals surface area (Å²) in [7, 11) is 0. The number of benzene rings is 1. The van der Waals surface area contributed by atoms with E-state index in [0.29, 0.717) is 17.5 Å². The second-order valence-corrected chi connectivity index (χ2v) is 7.21. The van der Waals surface area contributed by atoms with Crippen LogP contribution in [0.4, 0.5) is 0 Å². The lowest BCUT2D eigenvalue weighted by molar-refractivity contribution is -0.151. The van der Waals surface area contributed by atoms with Crippen molar-refractivity contribution in [3.05, 3.63) is 47.0 Å². The van der Waals surface area contributed by atoms with E-state index in [9.17, 15) is 19.5 Å². The largest absolute Gasteiger partial charge is 0.481 e. The van der Waals surface area contributed by atoms with Gasteiger partial charge >= 0.3 is 5.97 Å². The molecule has 0 fully saturated rings. The zero-order valence-electron chi connectivity index (χ0n) is 15.8. The summed E-state index contributed by atoms with van der Waals surface area (Å²) in [6.45, 7) is 5.86. The number of hydrogen-bond acceptors (Lipinski definition) is 4. The van der Waals surface area contributed by atoms with Gasteiger partial charge in [-0.2, -0.15) is 0 Å². The van der Waals surface area contributed by atoms with Crippen molar-refractivity contribution in [3.8, 4) is 0 Å². The Kier molecular flexibility index (Phi) is 5.46. The number of imide groups is 1. The van der Waals surface area contributed by atoms with Crippen LogP contribution in [0.1, 0.15) is 60.7 Å². The molecule has 0 radical (unpaired) electrons. The van der Waals surface area contributed by atoms with E-state index < -0.39 is 35.8 Å². The van der Waals surface area contributed by atoms with Gasteiger partial charge in [-0.25, -0.2) is 0 Å². The van der Waals surface area contributed by atoms with Gasteiger partial charge < -0.3 is 9.84 Å². The minimum Gasteiger partial charge on any atom is -0.481 e. The van der Waals surface area contributed by atoms with E-state index in [0.717, 1.165) is 23.3 Å². The van der Waals surface area contributed by atoms with Crippen molar-refractivity contribution in [2.45, 2.75) is 58.3 Å². The summed E-state index contributed by atoms with van der Waals surface area (Å²) >= 11 is 0. The van der Waals surface area contributed by atoms with Gasteiger partial charge in [-0.3, -0.25) is 19.3 Å². The molecule has 1 aromatic rings. The summed E-state index contributed by atoms with van der Waals surface area (Å²) < 4.78 is 6.07. The molecule has 6 heteroatoms. The quantitative estimate of drug-likeness (QED) is 0.613. The minimum atomic E-state index is -1.06. The highest BCUT2D eigenvalue weighted by Gasteiger charge is 2.49. The van der Waals surface area contributed by atoms with Gasteiger partial charge in [0.15, 0.2) is 0 Å². The zero-order valence-corrected chi connectivity index (χ0v) is 15.8. The molecule has 1 aromatic carbocycles. The highest BCUT2D eigenvalue weighted by molar-refractivity contribution is 6.21. The van der Waals surface area contributed by atoms with Crippen LogP contribution in [0.25, 0.3) is 0 Å². The van der Waals surface area contributed by atoms with Crippen molar-refractivity contribution >= 4 is 17.8 Å². The molecule has 2 amide bonds. The molecule has 0 spiro atoms. The lowest BCUT2D eigenvalue weighted by Crippen LogP contribution is -2.53. The third-order valence-corrected chi connectivity index (χ3v) is 5.45. The monoisotopic (exact) mass is 371 g/mol. The molecule has 144 valence electrons. The molecular weight excluding hydrogens is 346 g/mol. The fourth-order valence-electron chi connectivity index (χ4n) is 4.02. The van der Waals surface area contributed by atoms with Crippen molar-refractivity contribution in [1.82, 2.24) is 4.90 Å². The normalized spacial score (nSPS) is 25.0. The van der Waals surface area contributed by atoms with Gasteiger partial charge in [0.05, 0.1) is 29.4 Å². The molecule has 3 rings (SSSR count). The number of carbonyl (C=O) groups excluding carboxylic acids is 2. The first-order chi connectivity index (χ1) is 12.9. The van der Waals surface area contributed by atoms with E-state index in [2.05, 4.69) is 0 Å². The van der Waals surface area contributed by atoms with Crippen molar-refractivity contribution in [1.29, 1.82) is 0 Å². The van der Waals surface area contributed by atoms with Gasteiger partial charge in [0.1, 0.15) is 5.92 Å².